The summed E-state index contributed by atoms with van der Waals surface area (Å²) < 4.78 is 11.0. The third-order valence-electron chi connectivity index (χ3n) is 7.30. The summed E-state index contributed by atoms with van der Waals surface area (Å²) in [5.41, 5.74) is 2.57. The maximum absolute atomic E-state index is 11.7. The second-order valence-electron chi connectivity index (χ2n) is 10.5. The summed E-state index contributed by atoms with van der Waals surface area (Å²) in [5.74, 6) is 1.86. The topological polar surface area (TPSA) is 92.7 Å². The maximum atomic E-state index is 11.7. The third kappa shape index (κ3) is 9.30. The van der Waals surface area contributed by atoms with Crippen LogP contribution in [0.5, 0.6) is 11.6 Å². The lowest BCUT2D eigenvalue weighted by molar-refractivity contribution is -0.142. The van der Waals surface area contributed by atoms with E-state index in [1.165, 1.54) is 7.11 Å². The van der Waals surface area contributed by atoms with Crippen molar-refractivity contribution in [3.63, 3.8) is 0 Å². The summed E-state index contributed by atoms with van der Waals surface area (Å²) in [6, 6.07) is 9.76. The Kier molecular flexibility index (Phi) is 12.9. The fourth-order valence-corrected chi connectivity index (χ4v) is 5.76. The van der Waals surface area contributed by atoms with Gasteiger partial charge < -0.3 is 19.7 Å². The molecule has 2 saturated heterocycles. The Balaban J connectivity index is 0.00000242. The van der Waals surface area contributed by atoms with Gasteiger partial charge in [0.2, 0.25) is 11.8 Å². The number of piperazine rings is 1. The molecule has 2 fully saturated rings. The van der Waals surface area contributed by atoms with Crippen LogP contribution in [0.1, 0.15) is 31.7 Å². The molecule has 1 unspecified atom stereocenters. The number of methoxy groups -OCH3 is 1. The van der Waals surface area contributed by atoms with Crippen LogP contribution in [-0.4, -0.2) is 71.7 Å². The molecule has 2 aliphatic heterocycles. The van der Waals surface area contributed by atoms with Gasteiger partial charge in [0.25, 0.3) is 0 Å². The summed E-state index contributed by atoms with van der Waals surface area (Å²) in [6.45, 7) is 7.30. The van der Waals surface area contributed by atoms with E-state index >= 15 is 0 Å². The van der Waals surface area contributed by atoms with Crippen molar-refractivity contribution in [1.29, 1.82) is 0 Å². The minimum Gasteiger partial charge on any atom is -0.469 e. The molecule has 13 heteroatoms. The van der Waals surface area contributed by atoms with Gasteiger partial charge in [-0.1, -0.05) is 23.2 Å². The van der Waals surface area contributed by atoms with E-state index < -0.39 is 0 Å². The predicted octanol–water partition coefficient (Wildman–Crippen LogP) is 6.05. The number of benzene rings is 1. The van der Waals surface area contributed by atoms with E-state index in [4.69, 9.17) is 37.7 Å². The second kappa shape index (κ2) is 15.9. The number of rotatable bonds is 8. The average molecular weight is 658 g/mol. The molecule has 4 heterocycles. The number of likely N-dealkylation sites (tertiary alicyclic amines) is 1. The normalized spacial score (nSPS) is 17.6. The number of carbonyl (C=O) groups excluding carboxylic acids is 1. The van der Waals surface area contributed by atoms with E-state index in [0.29, 0.717) is 51.7 Å². The smallest absolute Gasteiger partial charge is 0.305 e. The molecule has 0 bridgehead atoms. The van der Waals surface area contributed by atoms with Gasteiger partial charge in [-0.3, -0.25) is 9.69 Å². The van der Waals surface area contributed by atoms with Crippen LogP contribution in [0.15, 0.2) is 42.7 Å². The van der Waals surface area contributed by atoms with E-state index in [2.05, 4.69) is 32.0 Å². The van der Waals surface area contributed by atoms with Gasteiger partial charge in [0.15, 0.2) is 5.75 Å². The highest BCUT2D eigenvalue weighted by Crippen LogP contribution is 2.31. The standard InChI is InChI=1S/C29H34Cl2N6O3.2ClH/c1-19-17-37(8-5-32-19)29-33-15-25(16-34-29)40-27-10-21(9-26(35-27)22-12-23(30)14-24(31)13-22)18-36-6-3-20(4-7-36)11-28(38)39-2;;/h9-10,12-16,19-20,32H,3-8,11,17-18H2,1-2H3;2*1H. The maximum Gasteiger partial charge on any atom is 0.305 e. The number of pyridine rings is 1. The SMILES string of the molecule is COC(=O)CC1CCN(Cc2cc(Oc3cnc(N4CCNC(C)C4)nc3)nc(-c3cc(Cl)cc(Cl)c3)c2)CC1.Cl.Cl. The quantitative estimate of drug-likeness (QED) is 0.291. The largest absolute Gasteiger partial charge is 0.469 e. The first-order chi connectivity index (χ1) is 19.3. The fraction of sp³-hybridized carbons (Fsp3) is 0.448. The van der Waals surface area contributed by atoms with Crippen molar-refractivity contribution in [2.75, 3.05) is 44.7 Å². The number of carbonyl (C=O) groups is 1. The molecule has 1 N–H and O–H groups in total. The van der Waals surface area contributed by atoms with Gasteiger partial charge in [0.1, 0.15) is 0 Å². The molecule has 9 nitrogen and oxygen atoms in total. The molecule has 2 aromatic heterocycles. The molecule has 1 atom stereocenters. The number of esters is 1. The average Bonchev–Trinajstić information content (AvgIpc) is 2.94. The number of ether oxygens (including phenoxy) is 2. The molecule has 5 rings (SSSR count). The number of hydrogen-bond donors (Lipinski definition) is 1. The number of piperidine rings is 1. The number of nitrogens with zero attached hydrogens (tertiary/aromatic N) is 5. The van der Waals surface area contributed by atoms with Crippen LogP contribution in [0.2, 0.25) is 10.0 Å². The molecule has 228 valence electrons. The molecular weight excluding hydrogens is 622 g/mol. The minimum absolute atomic E-state index is 0. The van der Waals surface area contributed by atoms with Gasteiger partial charge in [0.05, 0.1) is 25.2 Å². The van der Waals surface area contributed by atoms with Gasteiger partial charge >= 0.3 is 5.97 Å². The molecule has 2 aliphatic rings. The molecule has 3 aromatic rings. The van der Waals surface area contributed by atoms with Gasteiger partial charge in [0, 0.05) is 60.3 Å². The molecular formula is C29H36Cl4N6O3. The van der Waals surface area contributed by atoms with Crippen molar-refractivity contribution in [3.8, 4) is 22.9 Å². The van der Waals surface area contributed by atoms with Crippen molar-refractivity contribution >= 4 is 59.9 Å². The Labute approximate surface area is 269 Å². The Bertz CT molecular complexity index is 1300. The summed E-state index contributed by atoms with van der Waals surface area (Å²) in [6.07, 6.45) is 5.76. The molecule has 42 heavy (non-hydrogen) atoms. The molecule has 0 saturated carbocycles. The van der Waals surface area contributed by atoms with Gasteiger partial charge in [-0.15, -0.1) is 24.8 Å². The lowest BCUT2D eigenvalue weighted by Gasteiger charge is -2.31. The number of aromatic nitrogens is 3. The summed E-state index contributed by atoms with van der Waals surface area (Å²) in [5, 5.41) is 4.51. The zero-order valence-electron chi connectivity index (χ0n) is 23.6. The van der Waals surface area contributed by atoms with E-state index in [-0.39, 0.29) is 30.8 Å². The molecule has 0 spiro atoms. The molecule has 0 radical (unpaired) electrons. The number of nitrogens with one attached hydrogen (secondary N) is 1. The van der Waals surface area contributed by atoms with E-state index in [1.807, 2.05) is 24.3 Å². The first kappa shape index (κ1) is 34.1. The van der Waals surface area contributed by atoms with Gasteiger partial charge in [-0.05, 0) is 68.6 Å². The van der Waals surface area contributed by atoms with Crippen molar-refractivity contribution < 1.29 is 14.3 Å². The third-order valence-corrected chi connectivity index (χ3v) is 7.74. The summed E-state index contributed by atoms with van der Waals surface area (Å²) in [4.78, 5) is 30.1. The van der Waals surface area contributed by atoms with E-state index in [0.717, 1.165) is 63.2 Å². The number of halogens is 4. The summed E-state index contributed by atoms with van der Waals surface area (Å²) in [7, 11) is 1.44. The Morgan fingerprint density at radius 3 is 2.36 bits per heavy atom. The van der Waals surface area contributed by atoms with Crippen LogP contribution in [0.4, 0.5) is 5.95 Å². The van der Waals surface area contributed by atoms with Gasteiger partial charge in [-0.2, -0.15) is 0 Å². The fourth-order valence-electron chi connectivity index (χ4n) is 5.24. The molecule has 0 amide bonds. The Morgan fingerprint density at radius 2 is 1.71 bits per heavy atom. The van der Waals surface area contributed by atoms with Crippen molar-refractivity contribution in [2.45, 2.75) is 38.8 Å². The lowest BCUT2D eigenvalue weighted by atomic mass is 9.93. The second-order valence-corrected chi connectivity index (χ2v) is 11.4. The van der Waals surface area contributed by atoms with Crippen LogP contribution in [0, 0.1) is 5.92 Å². The monoisotopic (exact) mass is 656 g/mol. The predicted molar refractivity (Wildman–Crippen MR) is 171 cm³/mol. The van der Waals surface area contributed by atoms with Crippen molar-refractivity contribution in [3.05, 3.63) is 58.3 Å². The highest BCUT2D eigenvalue weighted by molar-refractivity contribution is 6.35. The first-order valence-corrected chi connectivity index (χ1v) is 14.3. The van der Waals surface area contributed by atoms with Crippen molar-refractivity contribution in [1.82, 2.24) is 25.2 Å². The molecule has 1 aromatic carbocycles. The molecule has 0 aliphatic carbocycles. The Hall–Kier alpha value is -2.40. The van der Waals surface area contributed by atoms with E-state index in [9.17, 15) is 4.79 Å². The minimum atomic E-state index is -0.140. The van der Waals surface area contributed by atoms with Crippen LogP contribution in [0.3, 0.4) is 0 Å². The number of anilines is 1. The summed E-state index contributed by atoms with van der Waals surface area (Å²) >= 11 is 12.6. The number of hydrogen-bond acceptors (Lipinski definition) is 9. The van der Waals surface area contributed by atoms with Crippen LogP contribution in [-0.2, 0) is 16.1 Å². The zero-order valence-corrected chi connectivity index (χ0v) is 26.7. The highest BCUT2D eigenvalue weighted by atomic mass is 35.5. The van der Waals surface area contributed by atoms with Crippen molar-refractivity contribution in [2.24, 2.45) is 5.92 Å². The van der Waals surface area contributed by atoms with Crippen LogP contribution in [0.25, 0.3) is 11.3 Å². The zero-order chi connectivity index (χ0) is 28.1. The van der Waals surface area contributed by atoms with E-state index in [1.54, 1.807) is 18.5 Å². The highest BCUT2D eigenvalue weighted by Gasteiger charge is 2.23. The lowest BCUT2D eigenvalue weighted by Crippen LogP contribution is -2.49. The van der Waals surface area contributed by atoms with Crippen LogP contribution < -0.4 is 15.0 Å². The first-order valence-electron chi connectivity index (χ1n) is 13.6. The van der Waals surface area contributed by atoms with Crippen LogP contribution >= 0.6 is 48.0 Å². The van der Waals surface area contributed by atoms with Gasteiger partial charge in [-0.25, -0.2) is 15.0 Å². The Morgan fingerprint density at radius 1 is 1.02 bits per heavy atom.